The molecule has 3 rings (SSSR count). The van der Waals surface area contributed by atoms with Crippen molar-refractivity contribution in [2.24, 2.45) is 17.8 Å². The lowest BCUT2D eigenvalue weighted by molar-refractivity contribution is 0.115. The van der Waals surface area contributed by atoms with E-state index in [0.29, 0.717) is 19.1 Å². The molecular formula is C19H26F2O2. The van der Waals surface area contributed by atoms with Crippen molar-refractivity contribution in [1.82, 2.24) is 0 Å². The quantitative estimate of drug-likeness (QED) is 0.702. The number of benzene rings is 1. The smallest absolute Gasteiger partial charge is 0.204 e. The second kappa shape index (κ2) is 7.50. The van der Waals surface area contributed by atoms with Gasteiger partial charge in [0.15, 0.2) is 11.5 Å². The van der Waals surface area contributed by atoms with E-state index in [1.54, 1.807) is 6.92 Å². The van der Waals surface area contributed by atoms with Crippen molar-refractivity contribution in [3.8, 4) is 11.5 Å². The zero-order valence-electron chi connectivity index (χ0n) is 13.8. The molecule has 2 aliphatic carbocycles. The molecule has 0 heterocycles. The van der Waals surface area contributed by atoms with Crippen LogP contribution in [0.1, 0.15) is 51.9 Å². The first kappa shape index (κ1) is 16.5. The molecule has 2 nitrogen and oxygen atoms in total. The lowest BCUT2D eigenvalue weighted by Gasteiger charge is -2.38. The Hall–Kier alpha value is -1.32. The van der Waals surface area contributed by atoms with Gasteiger partial charge in [0.2, 0.25) is 11.6 Å². The molecule has 0 bridgehead atoms. The van der Waals surface area contributed by atoms with E-state index in [1.807, 2.05) is 0 Å². The SMILES string of the molecule is CCOc1ccc(OCC2CCC(C3CCC3)CC2)c(F)c1F. The second-order valence-corrected chi connectivity index (χ2v) is 6.91. The van der Waals surface area contributed by atoms with Crippen LogP contribution < -0.4 is 9.47 Å². The van der Waals surface area contributed by atoms with Crippen molar-refractivity contribution in [2.75, 3.05) is 13.2 Å². The monoisotopic (exact) mass is 324 g/mol. The Morgan fingerprint density at radius 1 is 0.870 bits per heavy atom. The van der Waals surface area contributed by atoms with Gasteiger partial charge < -0.3 is 9.47 Å². The van der Waals surface area contributed by atoms with E-state index in [4.69, 9.17) is 9.47 Å². The summed E-state index contributed by atoms with van der Waals surface area (Å²) < 4.78 is 38.4. The third-order valence-corrected chi connectivity index (χ3v) is 5.49. The maximum atomic E-state index is 14.0. The van der Waals surface area contributed by atoms with Gasteiger partial charge in [0, 0.05) is 0 Å². The molecule has 0 spiro atoms. The zero-order chi connectivity index (χ0) is 16.2. The van der Waals surface area contributed by atoms with Gasteiger partial charge in [-0.05, 0) is 62.5 Å². The van der Waals surface area contributed by atoms with Crippen molar-refractivity contribution in [2.45, 2.75) is 51.9 Å². The van der Waals surface area contributed by atoms with Crippen LogP contribution in [0.3, 0.4) is 0 Å². The van der Waals surface area contributed by atoms with Gasteiger partial charge in [-0.3, -0.25) is 0 Å². The first-order valence-electron chi connectivity index (χ1n) is 8.92. The maximum Gasteiger partial charge on any atom is 0.204 e. The molecule has 0 unspecified atom stereocenters. The standard InChI is InChI=1S/C19H26F2O2/c1-2-22-16-10-11-17(19(21)18(16)20)23-12-13-6-8-15(9-7-13)14-4-3-5-14/h10-11,13-15H,2-9,12H2,1H3. The van der Waals surface area contributed by atoms with Gasteiger partial charge in [-0.1, -0.05) is 19.3 Å². The van der Waals surface area contributed by atoms with Gasteiger partial charge in [-0.25, -0.2) is 0 Å². The van der Waals surface area contributed by atoms with E-state index in [-0.39, 0.29) is 11.5 Å². The molecule has 2 aliphatic rings. The number of halogens is 2. The van der Waals surface area contributed by atoms with Gasteiger partial charge in [0.1, 0.15) is 0 Å². The topological polar surface area (TPSA) is 18.5 Å². The first-order valence-corrected chi connectivity index (χ1v) is 8.92. The van der Waals surface area contributed by atoms with Gasteiger partial charge in [-0.2, -0.15) is 8.78 Å². The van der Waals surface area contributed by atoms with Crippen LogP contribution in [0.5, 0.6) is 11.5 Å². The highest BCUT2D eigenvalue weighted by molar-refractivity contribution is 5.35. The molecule has 1 aromatic carbocycles. The minimum absolute atomic E-state index is 0.00734. The Bertz CT molecular complexity index is 520. The summed E-state index contributed by atoms with van der Waals surface area (Å²) in [5.74, 6) is 0.331. The van der Waals surface area contributed by atoms with Crippen LogP contribution in [0, 0.1) is 29.4 Å². The molecule has 0 radical (unpaired) electrons. The van der Waals surface area contributed by atoms with Gasteiger partial charge in [-0.15, -0.1) is 0 Å². The fourth-order valence-electron chi connectivity index (χ4n) is 3.84. The molecule has 0 aromatic heterocycles. The van der Waals surface area contributed by atoms with Crippen molar-refractivity contribution < 1.29 is 18.3 Å². The van der Waals surface area contributed by atoms with E-state index < -0.39 is 11.6 Å². The largest absolute Gasteiger partial charge is 0.491 e. The van der Waals surface area contributed by atoms with Gasteiger partial charge in [0.25, 0.3) is 0 Å². The van der Waals surface area contributed by atoms with Crippen LogP contribution in [-0.2, 0) is 0 Å². The Kier molecular flexibility index (Phi) is 5.39. The van der Waals surface area contributed by atoms with E-state index >= 15 is 0 Å². The minimum Gasteiger partial charge on any atom is -0.491 e. The van der Waals surface area contributed by atoms with E-state index in [2.05, 4.69) is 0 Å². The summed E-state index contributed by atoms with van der Waals surface area (Å²) in [5.41, 5.74) is 0. The Labute approximate surface area is 137 Å². The molecular weight excluding hydrogens is 298 g/mol. The molecule has 2 saturated carbocycles. The van der Waals surface area contributed by atoms with Crippen molar-refractivity contribution in [3.05, 3.63) is 23.8 Å². The van der Waals surface area contributed by atoms with Crippen LogP contribution in [-0.4, -0.2) is 13.2 Å². The minimum atomic E-state index is -0.960. The summed E-state index contributed by atoms with van der Waals surface area (Å²) >= 11 is 0. The van der Waals surface area contributed by atoms with Crippen molar-refractivity contribution in [1.29, 1.82) is 0 Å². The number of rotatable bonds is 6. The normalized spacial score (nSPS) is 25.0. The fraction of sp³-hybridized carbons (Fsp3) is 0.684. The highest BCUT2D eigenvalue weighted by Gasteiger charge is 2.31. The van der Waals surface area contributed by atoms with Crippen LogP contribution in [0.2, 0.25) is 0 Å². The lowest BCUT2D eigenvalue weighted by Crippen LogP contribution is -2.28. The van der Waals surface area contributed by atoms with Crippen LogP contribution in [0.25, 0.3) is 0 Å². The first-order chi connectivity index (χ1) is 11.2. The molecule has 0 saturated heterocycles. The molecule has 0 atom stereocenters. The predicted octanol–water partition coefficient (Wildman–Crippen LogP) is 5.35. The third kappa shape index (κ3) is 3.78. The molecule has 0 amide bonds. The molecule has 2 fully saturated rings. The lowest BCUT2D eigenvalue weighted by atomic mass is 9.68. The number of hydrogen-bond acceptors (Lipinski definition) is 2. The van der Waals surface area contributed by atoms with Crippen LogP contribution in [0.15, 0.2) is 12.1 Å². The fourth-order valence-corrected chi connectivity index (χ4v) is 3.84. The molecule has 1 aromatic rings. The highest BCUT2D eigenvalue weighted by atomic mass is 19.2. The zero-order valence-corrected chi connectivity index (χ0v) is 13.8. The maximum absolute atomic E-state index is 14.0. The molecule has 23 heavy (non-hydrogen) atoms. The van der Waals surface area contributed by atoms with Gasteiger partial charge >= 0.3 is 0 Å². The Balaban J connectivity index is 1.50. The third-order valence-electron chi connectivity index (χ3n) is 5.49. The second-order valence-electron chi connectivity index (χ2n) is 6.91. The summed E-state index contributed by atoms with van der Waals surface area (Å²) in [4.78, 5) is 0. The summed E-state index contributed by atoms with van der Waals surface area (Å²) in [6, 6.07) is 2.90. The van der Waals surface area contributed by atoms with Crippen molar-refractivity contribution >= 4 is 0 Å². The number of hydrogen-bond donors (Lipinski definition) is 0. The molecule has 0 N–H and O–H groups in total. The average molecular weight is 324 g/mol. The molecule has 128 valence electrons. The predicted molar refractivity (Wildman–Crippen MR) is 85.8 cm³/mol. The Morgan fingerprint density at radius 2 is 1.43 bits per heavy atom. The van der Waals surface area contributed by atoms with Gasteiger partial charge in [0.05, 0.1) is 13.2 Å². The average Bonchev–Trinajstić information content (AvgIpc) is 2.51. The summed E-state index contributed by atoms with van der Waals surface area (Å²) in [5, 5.41) is 0. The highest BCUT2D eigenvalue weighted by Crippen LogP contribution is 2.42. The summed E-state index contributed by atoms with van der Waals surface area (Å²) in [7, 11) is 0. The summed E-state index contributed by atoms with van der Waals surface area (Å²) in [6.45, 7) is 2.52. The number of ether oxygens (including phenoxy) is 2. The Morgan fingerprint density at radius 3 is 1.96 bits per heavy atom. The molecule has 0 aliphatic heterocycles. The van der Waals surface area contributed by atoms with Crippen molar-refractivity contribution in [3.63, 3.8) is 0 Å². The van der Waals surface area contributed by atoms with Crippen LogP contribution >= 0.6 is 0 Å². The molecule has 4 heteroatoms. The van der Waals surface area contributed by atoms with E-state index in [1.165, 1.54) is 44.2 Å². The van der Waals surface area contributed by atoms with Crippen LogP contribution in [0.4, 0.5) is 8.78 Å². The summed E-state index contributed by atoms with van der Waals surface area (Å²) in [6.07, 6.45) is 9.02. The van der Waals surface area contributed by atoms with E-state index in [0.717, 1.165) is 24.7 Å². The van der Waals surface area contributed by atoms with E-state index in [9.17, 15) is 8.78 Å².